The number of amides is 1. The lowest BCUT2D eigenvalue weighted by Gasteiger charge is -2.11. The monoisotopic (exact) mass is 273 g/mol. The first-order valence-electron chi connectivity index (χ1n) is 6.25. The molecule has 0 saturated carbocycles. The molecule has 0 bridgehead atoms. The average Bonchev–Trinajstić information content (AvgIpc) is 2.40. The molecule has 0 radical (unpaired) electrons. The Bertz CT molecular complexity index is 653. The van der Waals surface area contributed by atoms with Gasteiger partial charge in [-0.3, -0.25) is 4.79 Å². The van der Waals surface area contributed by atoms with Gasteiger partial charge in [0, 0.05) is 11.6 Å². The van der Waals surface area contributed by atoms with E-state index < -0.39 is 5.91 Å². The second-order valence-corrected chi connectivity index (χ2v) is 4.70. The molecular formula is C16H16FNO2. The van der Waals surface area contributed by atoms with Crippen molar-refractivity contribution in [2.24, 2.45) is 5.73 Å². The number of benzene rings is 2. The Morgan fingerprint density at radius 3 is 2.55 bits per heavy atom. The maximum atomic E-state index is 13.2. The molecule has 3 nitrogen and oxygen atoms in total. The van der Waals surface area contributed by atoms with E-state index in [0.29, 0.717) is 17.9 Å². The van der Waals surface area contributed by atoms with Crippen molar-refractivity contribution >= 4 is 5.91 Å². The predicted octanol–water partition coefficient (Wildman–Crippen LogP) is 3.12. The lowest BCUT2D eigenvalue weighted by Crippen LogP contribution is -2.11. The van der Waals surface area contributed by atoms with E-state index in [2.05, 4.69) is 0 Å². The number of aryl methyl sites for hydroxylation is 2. The van der Waals surface area contributed by atoms with Crippen LogP contribution in [0.25, 0.3) is 0 Å². The van der Waals surface area contributed by atoms with Crippen molar-refractivity contribution in [2.45, 2.75) is 20.5 Å². The Morgan fingerprint density at radius 1 is 1.15 bits per heavy atom. The topological polar surface area (TPSA) is 52.3 Å². The lowest BCUT2D eigenvalue weighted by atomic mass is 10.1. The summed E-state index contributed by atoms with van der Waals surface area (Å²) in [5, 5.41) is 0. The van der Waals surface area contributed by atoms with Gasteiger partial charge in [-0.15, -0.1) is 0 Å². The summed E-state index contributed by atoms with van der Waals surface area (Å²) in [6.45, 7) is 4.05. The van der Waals surface area contributed by atoms with E-state index in [1.807, 2.05) is 13.8 Å². The third-order valence-corrected chi connectivity index (χ3v) is 3.16. The molecule has 0 spiro atoms. The summed E-state index contributed by atoms with van der Waals surface area (Å²) in [4.78, 5) is 11.1. The highest BCUT2D eigenvalue weighted by molar-refractivity contribution is 5.93. The molecular weight excluding hydrogens is 257 g/mol. The number of hydrogen-bond acceptors (Lipinski definition) is 2. The molecule has 0 aliphatic heterocycles. The van der Waals surface area contributed by atoms with E-state index in [-0.39, 0.29) is 5.82 Å². The van der Waals surface area contributed by atoms with Crippen molar-refractivity contribution in [3.63, 3.8) is 0 Å². The molecule has 20 heavy (non-hydrogen) atoms. The Hall–Kier alpha value is -2.36. The van der Waals surface area contributed by atoms with Crippen LogP contribution < -0.4 is 10.5 Å². The number of rotatable bonds is 4. The number of hydrogen-bond donors (Lipinski definition) is 1. The smallest absolute Gasteiger partial charge is 0.248 e. The minimum Gasteiger partial charge on any atom is -0.489 e. The Balaban J connectivity index is 2.15. The van der Waals surface area contributed by atoms with Gasteiger partial charge in [-0.2, -0.15) is 0 Å². The van der Waals surface area contributed by atoms with E-state index in [4.69, 9.17) is 10.5 Å². The van der Waals surface area contributed by atoms with Gasteiger partial charge >= 0.3 is 0 Å². The summed E-state index contributed by atoms with van der Waals surface area (Å²) in [5.74, 6) is -0.267. The largest absolute Gasteiger partial charge is 0.489 e. The normalized spacial score (nSPS) is 10.3. The van der Waals surface area contributed by atoms with Gasteiger partial charge in [0.25, 0.3) is 0 Å². The van der Waals surface area contributed by atoms with Gasteiger partial charge in [0.1, 0.15) is 18.2 Å². The number of carbonyl (C=O) groups is 1. The van der Waals surface area contributed by atoms with E-state index in [9.17, 15) is 9.18 Å². The highest BCUT2D eigenvalue weighted by atomic mass is 19.1. The third-order valence-electron chi connectivity index (χ3n) is 3.16. The highest BCUT2D eigenvalue weighted by Gasteiger charge is 2.06. The van der Waals surface area contributed by atoms with Gasteiger partial charge in [0.15, 0.2) is 0 Å². The zero-order chi connectivity index (χ0) is 14.7. The molecule has 0 aliphatic carbocycles. The van der Waals surface area contributed by atoms with Crippen LogP contribution in [0.4, 0.5) is 4.39 Å². The lowest BCUT2D eigenvalue weighted by molar-refractivity contribution is 0.1000. The van der Waals surface area contributed by atoms with Crippen molar-refractivity contribution in [1.29, 1.82) is 0 Å². The van der Waals surface area contributed by atoms with Crippen molar-refractivity contribution in [3.05, 3.63) is 64.5 Å². The molecule has 1 amide bonds. The van der Waals surface area contributed by atoms with Crippen LogP contribution in [0.5, 0.6) is 5.75 Å². The van der Waals surface area contributed by atoms with Crippen LogP contribution >= 0.6 is 0 Å². The van der Waals surface area contributed by atoms with Crippen molar-refractivity contribution in [2.75, 3.05) is 0 Å². The summed E-state index contributed by atoms with van der Waals surface area (Å²) in [5.41, 5.74) is 8.40. The van der Waals surface area contributed by atoms with Gasteiger partial charge in [-0.05, 0) is 48.7 Å². The fourth-order valence-electron chi connectivity index (χ4n) is 1.90. The van der Waals surface area contributed by atoms with Gasteiger partial charge in [0.2, 0.25) is 5.91 Å². The fraction of sp³-hybridized carbons (Fsp3) is 0.188. The molecule has 0 unspecified atom stereocenters. The second-order valence-electron chi connectivity index (χ2n) is 4.70. The molecule has 104 valence electrons. The van der Waals surface area contributed by atoms with Crippen LogP contribution in [0.15, 0.2) is 36.4 Å². The maximum absolute atomic E-state index is 13.2. The molecule has 0 aliphatic rings. The Kier molecular flexibility index (Phi) is 4.03. The number of carbonyl (C=O) groups excluding carboxylic acids is 1. The van der Waals surface area contributed by atoms with Crippen LogP contribution in [-0.2, 0) is 6.61 Å². The zero-order valence-corrected chi connectivity index (χ0v) is 11.4. The minimum atomic E-state index is -0.457. The predicted molar refractivity (Wildman–Crippen MR) is 75.2 cm³/mol. The van der Waals surface area contributed by atoms with Crippen LogP contribution in [0.1, 0.15) is 27.0 Å². The van der Waals surface area contributed by atoms with Gasteiger partial charge in [-0.25, -0.2) is 4.39 Å². The number of nitrogens with two attached hydrogens (primary N) is 1. The minimum absolute atomic E-state index is 0.315. The van der Waals surface area contributed by atoms with Gasteiger partial charge in [-0.1, -0.05) is 12.1 Å². The first-order valence-corrected chi connectivity index (χ1v) is 6.25. The Morgan fingerprint density at radius 2 is 1.90 bits per heavy atom. The summed E-state index contributed by atoms with van der Waals surface area (Å²) >= 11 is 0. The third kappa shape index (κ3) is 3.15. The van der Waals surface area contributed by atoms with Crippen molar-refractivity contribution in [1.82, 2.24) is 0 Å². The molecule has 2 N–H and O–H groups in total. The van der Waals surface area contributed by atoms with E-state index in [1.54, 1.807) is 24.3 Å². The quantitative estimate of drug-likeness (QED) is 0.930. The standard InChI is InChI=1S/C16H16FNO2/c1-10-3-6-14(17)8-15(10)20-9-13-5-4-12(16(18)19)7-11(13)2/h3-8H,9H2,1-2H3,(H2,18,19). The second kappa shape index (κ2) is 5.74. The van der Waals surface area contributed by atoms with E-state index in [0.717, 1.165) is 16.7 Å². The van der Waals surface area contributed by atoms with E-state index in [1.165, 1.54) is 12.1 Å². The number of primary amides is 1. The molecule has 2 aromatic carbocycles. The van der Waals surface area contributed by atoms with Crippen molar-refractivity contribution in [3.8, 4) is 5.75 Å². The Labute approximate surface area is 117 Å². The number of halogens is 1. The van der Waals surface area contributed by atoms with Crippen LogP contribution in [-0.4, -0.2) is 5.91 Å². The van der Waals surface area contributed by atoms with E-state index >= 15 is 0 Å². The molecule has 2 aromatic rings. The fourth-order valence-corrected chi connectivity index (χ4v) is 1.90. The molecule has 0 aromatic heterocycles. The van der Waals surface area contributed by atoms with Gasteiger partial charge < -0.3 is 10.5 Å². The first kappa shape index (κ1) is 14.1. The summed E-state index contributed by atoms with van der Waals surface area (Å²) in [6.07, 6.45) is 0. The SMILES string of the molecule is Cc1cc(C(N)=O)ccc1COc1cc(F)ccc1C. The zero-order valence-electron chi connectivity index (χ0n) is 11.4. The average molecular weight is 273 g/mol. The summed E-state index contributed by atoms with van der Waals surface area (Å²) in [6, 6.07) is 9.61. The van der Waals surface area contributed by atoms with Crippen LogP contribution in [0, 0.1) is 19.7 Å². The molecule has 0 fully saturated rings. The number of ether oxygens (including phenoxy) is 1. The first-order chi connectivity index (χ1) is 9.47. The molecule has 2 rings (SSSR count). The summed E-state index contributed by atoms with van der Waals surface area (Å²) in [7, 11) is 0. The molecule has 0 saturated heterocycles. The highest BCUT2D eigenvalue weighted by Crippen LogP contribution is 2.21. The maximum Gasteiger partial charge on any atom is 0.248 e. The molecule has 0 atom stereocenters. The summed E-state index contributed by atoms with van der Waals surface area (Å²) < 4.78 is 18.8. The van der Waals surface area contributed by atoms with Crippen LogP contribution in [0.2, 0.25) is 0 Å². The molecule has 4 heteroatoms. The van der Waals surface area contributed by atoms with Crippen LogP contribution in [0.3, 0.4) is 0 Å². The van der Waals surface area contributed by atoms with Gasteiger partial charge in [0.05, 0.1) is 0 Å². The van der Waals surface area contributed by atoms with Crippen molar-refractivity contribution < 1.29 is 13.9 Å². The molecule has 0 heterocycles.